The lowest BCUT2D eigenvalue weighted by Gasteiger charge is -1.73. The van der Waals surface area contributed by atoms with E-state index < -0.39 is 20.1 Å². The number of carbonyl (C=O) groups is 2. The highest BCUT2D eigenvalue weighted by Crippen LogP contribution is 1.98. The third-order valence-electron chi connectivity index (χ3n) is 0.155. The van der Waals surface area contributed by atoms with Crippen LogP contribution in [0.1, 0.15) is 0 Å². The second kappa shape index (κ2) is 7.91. The predicted octanol–water partition coefficient (Wildman–Crippen LogP) is 1.56. The van der Waals surface area contributed by atoms with Crippen molar-refractivity contribution >= 4 is 64.7 Å². The Hall–Kier alpha value is 0.810. The normalized spacial score (nSPS) is 8.20. The Balaban J connectivity index is 0. The van der Waals surface area contributed by atoms with Gasteiger partial charge in [0.05, 0.1) is 0 Å². The molecule has 8 heteroatoms. The fraction of sp³-hybridized carbons (Fsp3) is 0. The van der Waals surface area contributed by atoms with Gasteiger partial charge in [0.25, 0.3) is 0 Å². The van der Waals surface area contributed by atoms with Gasteiger partial charge in [-0.25, -0.2) is 0 Å². The van der Waals surface area contributed by atoms with Crippen molar-refractivity contribution in [1.82, 2.24) is 0 Å². The Morgan fingerprint density at radius 2 is 1.20 bits per heavy atom. The minimum Gasteiger partial charge on any atom is -0.582 e. The number of halogens is 4. The molecule has 0 saturated carbocycles. The van der Waals surface area contributed by atoms with Gasteiger partial charge in [-0.3, -0.25) is 9.59 Å². The molecule has 0 aliphatic rings. The van der Waals surface area contributed by atoms with Crippen LogP contribution >= 0.6 is 44.6 Å². The quantitative estimate of drug-likeness (QED) is 0.400. The molecule has 0 aromatic rings. The summed E-state index contributed by atoms with van der Waals surface area (Å²) in [5.74, 6) is 0. The highest BCUT2D eigenvalue weighted by Gasteiger charge is 2.01. The zero-order chi connectivity index (χ0) is 8.73. The van der Waals surface area contributed by atoms with E-state index in [4.69, 9.17) is 4.55 Å². The van der Waals surface area contributed by atoms with Crippen molar-refractivity contribution in [3.05, 3.63) is 0 Å². The Morgan fingerprint density at radius 3 is 1.20 bits per heavy atom. The van der Waals surface area contributed by atoms with Gasteiger partial charge in [-0.05, 0) is 23.2 Å². The molecule has 0 aliphatic carbocycles. The Bertz CT molecular complexity index is 111. The lowest BCUT2D eigenvalue weighted by Crippen LogP contribution is -1.94. The first-order chi connectivity index (χ1) is 4.37. The largest absolute Gasteiger partial charge is 0.582 e. The fourth-order valence-corrected chi connectivity index (χ4v) is 0. The fourth-order valence-electron chi connectivity index (χ4n) is 0. The second-order valence-electron chi connectivity index (χ2n) is 0.732. The van der Waals surface area contributed by atoms with Crippen molar-refractivity contribution in [3.8, 4) is 0 Å². The maximum absolute atomic E-state index is 9.43. The van der Waals surface area contributed by atoms with Crippen molar-refractivity contribution in [1.29, 1.82) is 0 Å². The Kier molecular flexibility index (Phi) is 10.6. The molecule has 0 aromatic carbocycles. The molecule has 0 unspecified atom stereocenters. The zero-order valence-corrected chi connectivity index (χ0v) is 7.99. The molecule has 60 valence electrons. The SMILES string of the molecule is O=C(Cl)C(=O)Cl.[O-][S+](Cl)Cl. The minimum absolute atomic E-state index is 1.14. The van der Waals surface area contributed by atoms with Crippen molar-refractivity contribution < 1.29 is 14.1 Å². The lowest BCUT2D eigenvalue weighted by molar-refractivity contribution is -0.127. The summed E-state index contributed by atoms with van der Waals surface area (Å²) in [4.78, 5) is 18.9. The molecular formula is C2Cl4O3S. The molecule has 0 heterocycles. The van der Waals surface area contributed by atoms with Gasteiger partial charge < -0.3 is 4.55 Å². The van der Waals surface area contributed by atoms with Crippen LogP contribution in [0.15, 0.2) is 0 Å². The highest BCUT2D eigenvalue weighted by atomic mass is 36.0. The highest BCUT2D eigenvalue weighted by molar-refractivity contribution is 8.31. The van der Waals surface area contributed by atoms with Crippen LogP contribution in [-0.2, 0) is 19.2 Å². The van der Waals surface area contributed by atoms with E-state index >= 15 is 0 Å². The summed E-state index contributed by atoms with van der Waals surface area (Å²) in [6.07, 6.45) is 0. The van der Waals surface area contributed by atoms with E-state index in [9.17, 15) is 9.59 Å². The van der Waals surface area contributed by atoms with Crippen LogP contribution in [-0.4, -0.2) is 15.0 Å². The zero-order valence-electron chi connectivity index (χ0n) is 4.14. The van der Waals surface area contributed by atoms with Crippen LogP contribution in [0.2, 0.25) is 0 Å². The summed E-state index contributed by atoms with van der Waals surface area (Å²) < 4.78 is 9.09. The van der Waals surface area contributed by atoms with E-state index in [2.05, 4.69) is 44.6 Å². The van der Waals surface area contributed by atoms with Gasteiger partial charge in [-0.1, -0.05) is 0 Å². The summed E-state index contributed by atoms with van der Waals surface area (Å²) >= 11 is 8.98. The lowest BCUT2D eigenvalue weighted by atomic mass is 10.9. The number of rotatable bonds is 1. The van der Waals surface area contributed by atoms with E-state index in [1.165, 1.54) is 0 Å². The third kappa shape index (κ3) is 23.2. The molecule has 0 radical (unpaired) electrons. The monoisotopic (exact) mass is 244 g/mol. The third-order valence-corrected chi connectivity index (χ3v) is 0.595. The summed E-state index contributed by atoms with van der Waals surface area (Å²) in [5.41, 5.74) is 0. The smallest absolute Gasteiger partial charge is 0.304 e. The summed E-state index contributed by atoms with van der Waals surface area (Å²) in [6.45, 7) is 0. The number of hydrogen-bond acceptors (Lipinski definition) is 3. The Morgan fingerprint density at radius 1 is 1.10 bits per heavy atom. The summed E-state index contributed by atoms with van der Waals surface area (Å²) in [7, 11) is 7.36. The number of hydrogen-bond donors (Lipinski definition) is 0. The maximum atomic E-state index is 9.43. The van der Waals surface area contributed by atoms with E-state index in [1.807, 2.05) is 0 Å². The van der Waals surface area contributed by atoms with Gasteiger partial charge >= 0.3 is 10.5 Å². The topological polar surface area (TPSA) is 57.2 Å². The van der Waals surface area contributed by atoms with E-state index in [0.717, 1.165) is 0 Å². The van der Waals surface area contributed by atoms with Crippen LogP contribution in [0, 0.1) is 0 Å². The average Bonchev–Trinajstić information content (AvgIpc) is 1.63. The van der Waals surface area contributed by atoms with E-state index in [0.29, 0.717) is 0 Å². The summed E-state index contributed by atoms with van der Waals surface area (Å²) in [5, 5.41) is -2.28. The van der Waals surface area contributed by atoms with Crippen LogP contribution in [0.25, 0.3) is 0 Å². The second-order valence-corrected chi connectivity index (χ2v) is 3.94. The minimum atomic E-state index is -1.67. The molecule has 10 heavy (non-hydrogen) atoms. The molecule has 0 spiro atoms. The molecule has 0 fully saturated rings. The van der Waals surface area contributed by atoms with Crippen LogP contribution in [0.5, 0.6) is 0 Å². The van der Waals surface area contributed by atoms with Crippen LogP contribution < -0.4 is 0 Å². The predicted molar refractivity (Wildman–Crippen MR) is 41.6 cm³/mol. The van der Waals surface area contributed by atoms with Crippen molar-refractivity contribution in [2.24, 2.45) is 0 Å². The first-order valence-corrected chi connectivity index (χ1v) is 5.07. The molecule has 0 amide bonds. The molecule has 0 rings (SSSR count). The molecule has 0 aliphatic heterocycles. The first kappa shape index (κ1) is 13.4. The molecule has 0 aromatic heterocycles. The Labute approximate surface area is 78.7 Å². The molecule has 0 bridgehead atoms. The van der Waals surface area contributed by atoms with Gasteiger partial charge in [0.2, 0.25) is 0 Å². The molecule has 3 nitrogen and oxygen atoms in total. The van der Waals surface area contributed by atoms with Crippen molar-refractivity contribution in [2.75, 3.05) is 0 Å². The van der Waals surface area contributed by atoms with Gasteiger partial charge in [-0.15, -0.1) is 0 Å². The standard InChI is InChI=1S/C2Cl2O2.Cl2OS/c3-1(5)2(4)6;1-4(2)3. The van der Waals surface area contributed by atoms with Crippen molar-refractivity contribution in [2.45, 2.75) is 0 Å². The molecule has 0 saturated heterocycles. The average molecular weight is 246 g/mol. The molecule has 0 N–H and O–H groups in total. The van der Waals surface area contributed by atoms with Crippen molar-refractivity contribution in [3.63, 3.8) is 0 Å². The van der Waals surface area contributed by atoms with E-state index in [1.54, 1.807) is 0 Å². The van der Waals surface area contributed by atoms with Gasteiger partial charge in [-0.2, -0.15) is 0 Å². The van der Waals surface area contributed by atoms with E-state index in [-0.39, 0.29) is 0 Å². The van der Waals surface area contributed by atoms with Gasteiger partial charge in [0.1, 0.15) is 0 Å². The molecule has 0 atom stereocenters. The first-order valence-electron chi connectivity index (χ1n) is 1.51. The van der Waals surface area contributed by atoms with Crippen LogP contribution in [0.4, 0.5) is 0 Å². The van der Waals surface area contributed by atoms with Crippen LogP contribution in [0.3, 0.4) is 0 Å². The van der Waals surface area contributed by atoms with Gasteiger partial charge in [0.15, 0.2) is 31.0 Å². The maximum Gasteiger partial charge on any atom is 0.304 e. The van der Waals surface area contributed by atoms with Gasteiger partial charge in [0, 0.05) is 0 Å². The summed E-state index contributed by atoms with van der Waals surface area (Å²) in [6, 6.07) is 0. The molecular weight excluding hydrogens is 246 g/mol. The number of carbonyl (C=O) groups excluding carboxylic acids is 2.